The zero-order chi connectivity index (χ0) is 8.55. The Balaban J connectivity index is 3.01. The van der Waals surface area contributed by atoms with Gasteiger partial charge >= 0.3 is 11.1 Å². The average Bonchev–Trinajstić information content (AvgIpc) is 2.12. The van der Waals surface area contributed by atoms with Gasteiger partial charge in [0.25, 0.3) is 0 Å². The summed E-state index contributed by atoms with van der Waals surface area (Å²) in [6.07, 6.45) is 3.24. The van der Waals surface area contributed by atoms with Crippen molar-refractivity contribution in [1.29, 1.82) is 0 Å². The summed E-state index contributed by atoms with van der Waals surface area (Å²) in [5.74, 6) is 0. The molecule has 4 nitrogen and oxygen atoms in total. The van der Waals surface area contributed by atoms with Crippen LogP contribution in [0.3, 0.4) is 0 Å². The van der Waals surface area contributed by atoms with E-state index in [0.29, 0.717) is 5.52 Å². The van der Waals surface area contributed by atoms with Crippen molar-refractivity contribution >= 4 is 5.52 Å². The van der Waals surface area contributed by atoms with Crippen LogP contribution in [0.25, 0.3) is 5.52 Å². The molecular formula is C8H8N3O+. The molecule has 0 saturated carbocycles. The van der Waals surface area contributed by atoms with Gasteiger partial charge < -0.3 is 0 Å². The van der Waals surface area contributed by atoms with E-state index in [4.69, 9.17) is 0 Å². The number of fused-ring (bicyclic) bond motifs is 1. The van der Waals surface area contributed by atoms with Gasteiger partial charge in [0.05, 0.1) is 0 Å². The van der Waals surface area contributed by atoms with Crippen LogP contribution in [0.2, 0.25) is 0 Å². The van der Waals surface area contributed by atoms with Gasteiger partial charge in [-0.15, -0.1) is 0 Å². The van der Waals surface area contributed by atoms with Crippen LogP contribution in [-0.4, -0.2) is 9.67 Å². The molecule has 60 valence electrons. The summed E-state index contributed by atoms with van der Waals surface area (Å²) < 4.78 is 3.01. The molecule has 0 radical (unpaired) electrons. The van der Waals surface area contributed by atoms with Crippen LogP contribution < -0.4 is 10.1 Å². The average molecular weight is 162 g/mol. The predicted octanol–water partition coefficient (Wildman–Crippen LogP) is -0.481. The van der Waals surface area contributed by atoms with Gasteiger partial charge in [0.2, 0.25) is 6.20 Å². The van der Waals surface area contributed by atoms with Crippen molar-refractivity contribution in [1.82, 2.24) is 9.67 Å². The highest BCUT2D eigenvalue weighted by Crippen LogP contribution is 1.83. The standard InChI is InChI=1S/C8H8N3O/c1-10-6-9-11-5-3-2-4-7(11)8(10)12/h2-6H,1H3/q+1. The van der Waals surface area contributed by atoms with Crippen molar-refractivity contribution in [3.05, 3.63) is 41.1 Å². The van der Waals surface area contributed by atoms with Gasteiger partial charge in [0, 0.05) is 24.3 Å². The van der Waals surface area contributed by atoms with Crippen molar-refractivity contribution in [2.24, 2.45) is 7.05 Å². The van der Waals surface area contributed by atoms with E-state index in [1.54, 1.807) is 23.8 Å². The summed E-state index contributed by atoms with van der Waals surface area (Å²) in [4.78, 5) is 11.4. The number of aryl methyl sites for hydroxylation is 1. The maximum Gasteiger partial charge on any atom is 0.326 e. The lowest BCUT2D eigenvalue weighted by Gasteiger charge is -1.91. The highest BCUT2D eigenvalue weighted by molar-refractivity contribution is 5.34. The van der Waals surface area contributed by atoms with Crippen LogP contribution >= 0.6 is 0 Å². The monoisotopic (exact) mass is 162 g/mol. The highest BCUT2D eigenvalue weighted by atomic mass is 16.1. The second-order valence-electron chi connectivity index (χ2n) is 2.58. The van der Waals surface area contributed by atoms with Crippen LogP contribution in [0.5, 0.6) is 0 Å². The van der Waals surface area contributed by atoms with Crippen LogP contribution in [0.1, 0.15) is 0 Å². The molecular weight excluding hydrogens is 154 g/mol. The molecule has 0 fully saturated rings. The van der Waals surface area contributed by atoms with E-state index in [2.05, 4.69) is 5.10 Å². The first-order valence-electron chi connectivity index (χ1n) is 3.61. The molecule has 0 N–H and O–H groups in total. The summed E-state index contributed by atoms with van der Waals surface area (Å²) in [6.45, 7) is 0. The molecule has 12 heavy (non-hydrogen) atoms. The Labute approximate surface area is 68.7 Å². The smallest absolute Gasteiger partial charge is 0.292 e. The summed E-state index contributed by atoms with van der Waals surface area (Å²) >= 11 is 0. The lowest BCUT2D eigenvalue weighted by atomic mass is 10.4. The van der Waals surface area contributed by atoms with Gasteiger partial charge in [0.1, 0.15) is 0 Å². The fourth-order valence-electron chi connectivity index (χ4n) is 1.07. The second kappa shape index (κ2) is 2.41. The van der Waals surface area contributed by atoms with Crippen molar-refractivity contribution in [2.75, 3.05) is 0 Å². The van der Waals surface area contributed by atoms with Crippen molar-refractivity contribution in [3.8, 4) is 0 Å². The van der Waals surface area contributed by atoms with Crippen molar-refractivity contribution in [2.45, 2.75) is 0 Å². The van der Waals surface area contributed by atoms with Gasteiger partial charge in [-0.3, -0.25) is 9.36 Å². The predicted molar refractivity (Wildman–Crippen MR) is 42.6 cm³/mol. The quantitative estimate of drug-likeness (QED) is 0.491. The zero-order valence-electron chi connectivity index (χ0n) is 6.64. The minimum absolute atomic E-state index is 0.0365. The normalized spacial score (nSPS) is 10.4. The number of hydrogen-bond acceptors (Lipinski definition) is 2. The molecule has 2 heterocycles. The number of rotatable bonds is 0. The Morgan fingerprint density at radius 1 is 1.50 bits per heavy atom. The summed E-state index contributed by atoms with van der Waals surface area (Å²) in [5, 5.41) is 4.02. The van der Waals surface area contributed by atoms with Gasteiger partial charge in [-0.25, -0.2) is 0 Å². The maximum absolute atomic E-state index is 11.4. The minimum Gasteiger partial charge on any atom is -0.292 e. The van der Waals surface area contributed by atoms with Crippen molar-refractivity contribution in [3.63, 3.8) is 0 Å². The van der Waals surface area contributed by atoms with E-state index >= 15 is 0 Å². The summed E-state index contributed by atoms with van der Waals surface area (Å²) in [5.41, 5.74) is 0.549. The maximum atomic E-state index is 11.4. The molecule has 2 aromatic heterocycles. The Bertz CT molecular complexity index is 475. The third kappa shape index (κ3) is 0.887. The molecule has 0 unspecified atom stereocenters. The van der Waals surface area contributed by atoms with Gasteiger partial charge in [-0.05, 0) is 10.6 Å². The minimum atomic E-state index is -0.0365. The fraction of sp³-hybridized carbons (Fsp3) is 0.125. The number of pyridine rings is 1. The van der Waals surface area contributed by atoms with Gasteiger partial charge in [0.15, 0.2) is 6.33 Å². The van der Waals surface area contributed by atoms with E-state index in [9.17, 15) is 4.79 Å². The number of aromatic nitrogens is 3. The molecule has 0 aliphatic carbocycles. The number of hydrogen-bond donors (Lipinski definition) is 0. The van der Waals surface area contributed by atoms with E-state index in [-0.39, 0.29) is 5.56 Å². The molecule has 0 amide bonds. The van der Waals surface area contributed by atoms with Crippen LogP contribution in [0, 0.1) is 0 Å². The molecule has 4 heteroatoms. The molecule has 0 aromatic carbocycles. The SMILES string of the molecule is Cn1cn[n+]2ccccc2c1=O. The molecule has 0 spiro atoms. The lowest BCUT2D eigenvalue weighted by Crippen LogP contribution is -2.35. The third-order valence-electron chi connectivity index (χ3n) is 1.73. The lowest BCUT2D eigenvalue weighted by molar-refractivity contribution is -0.582. The second-order valence-corrected chi connectivity index (χ2v) is 2.58. The summed E-state index contributed by atoms with van der Waals surface area (Å²) in [7, 11) is 1.68. The van der Waals surface area contributed by atoms with Crippen LogP contribution in [0.4, 0.5) is 0 Å². The molecule has 2 aromatic rings. The highest BCUT2D eigenvalue weighted by Gasteiger charge is 2.06. The van der Waals surface area contributed by atoms with Crippen molar-refractivity contribution < 1.29 is 4.52 Å². The fourth-order valence-corrected chi connectivity index (χ4v) is 1.07. The number of nitrogens with zero attached hydrogens (tertiary/aromatic N) is 3. The van der Waals surface area contributed by atoms with E-state index < -0.39 is 0 Å². The van der Waals surface area contributed by atoms with E-state index in [0.717, 1.165) is 0 Å². The largest absolute Gasteiger partial charge is 0.326 e. The summed E-state index contributed by atoms with van der Waals surface area (Å²) in [6, 6.07) is 5.40. The van der Waals surface area contributed by atoms with E-state index in [1.165, 1.54) is 10.9 Å². The Morgan fingerprint density at radius 3 is 3.17 bits per heavy atom. The molecule has 0 aliphatic rings. The first-order valence-corrected chi connectivity index (χ1v) is 3.61. The van der Waals surface area contributed by atoms with Gasteiger partial charge in [-0.2, -0.15) is 0 Å². The Kier molecular flexibility index (Phi) is 1.40. The first-order chi connectivity index (χ1) is 5.79. The first kappa shape index (κ1) is 6.97. The van der Waals surface area contributed by atoms with E-state index in [1.807, 2.05) is 12.1 Å². The molecule has 0 bridgehead atoms. The molecule has 0 saturated heterocycles. The molecule has 2 rings (SSSR count). The van der Waals surface area contributed by atoms with Crippen LogP contribution in [0.15, 0.2) is 35.5 Å². The zero-order valence-corrected chi connectivity index (χ0v) is 6.64. The topological polar surface area (TPSA) is 39.0 Å². The van der Waals surface area contributed by atoms with Crippen LogP contribution in [-0.2, 0) is 7.05 Å². The Morgan fingerprint density at radius 2 is 2.33 bits per heavy atom. The Hall–Kier alpha value is -1.71. The van der Waals surface area contributed by atoms with Gasteiger partial charge in [-0.1, -0.05) is 0 Å². The molecule has 0 atom stereocenters. The molecule has 0 aliphatic heterocycles. The third-order valence-corrected chi connectivity index (χ3v) is 1.73.